The van der Waals surface area contributed by atoms with Crippen LogP contribution in [0.15, 0.2) is 18.3 Å². The van der Waals surface area contributed by atoms with E-state index in [1.54, 1.807) is 39.8 Å². The molecule has 152 valence electrons. The van der Waals surface area contributed by atoms with Crippen LogP contribution in [0.1, 0.15) is 66.1 Å². The normalized spacial score (nSPS) is 13.4. The van der Waals surface area contributed by atoms with Crippen LogP contribution < -0.4 is 10.1 Å². The van der Waals surface area contributed by atoms with Gasteiger partial charge in [-0.15, -0.1) is 0 Å². The van der Waals surface area contributed by atoms with Gasteiger partial charge in [-0.3, -0.25) is 4.98 Å². The zero-order chi connectivity index (χ0) is 20.4. The molecule has 0 aromatic carbocycles. The lowest BCUT2D eigenvalue weighted by atomic mass is 10.1. The fraction of sp³-hybridized carbons (Fsp3) is 0.650. The summed E-state index contributed by atoms with van der Waals surface area (Å²) in [5.74, 6) is 0.471. The van der Waals surface area contributed by atoms with Gasteiger partial charge >= 0.3 is 12.1 Å². The maximum atomic E-state index is 12.3. The van der Waals surface area contributed by atoms with Crippen LogP contribution in [0, 0.1) is 5.92 Å². The molecule has 1 aromatic rings. The number of ether oxygens (including phenoxy) is 3. The summed E-state index contributed by atoms with van der Waals surface area (Å²) < 4.78 is 16.0. The number of carbonyl (C=O) groups is 2. The van der Waals surface area contributed by atoms with Crippen molar-refractivity contribution in [3.05, 3.63) is 24.0 Å². The number of nitrogens with zero attached hydrogens (tertiary/aromatic N) is 1. The lowest BCUT2D eigenvalue weighted by molar-refractivity contribution is -0.146. The minimum Gasteiger partial charge on any atom is -0.492 e. The molecular formula is C20H32N2O5. The van der Waals surface area contributed by atoms with Crippen LogP contribution in [0.2, 0.25) is 0 Å². The maximum absolute atomic E-state index is 12.3. The van der Waals surface area contributed by atoms with Crippen molar-refractivity contribution in [3.63, 3.8) is 0 Å². The Morgan fingerprint density at radius 2 is 1.93 bits per heavy atom. The summed E-state index contributed by atoms with van der Waals surface area (Å²) in [4.78, 5) is 28.6. The van der Waals surface area contributed by atoms with Crippen molar-refractivity contribution < 1.29 is 23.8 Å². The van der Waals surface area contributed by atoms with Crippen LogP contribution in [0.3, 0.4) is 0 Å². The van der Waals surface area contributed by atoms with Crippen LogP contribution in [-0.4, -0.2) is 35.9 Å². The van der Waals surface area contributed by atoms with E-state index in [0.29, 0.717) is 24.0 Å². The molecule has 0 aliphatic rings. The number of rotatable bonds is 9. The number of esters is 1. The van der Waals surface area contributed by atoms with Gasteiger partial charge in [0.1, 0.15) is 11.4 Å². The van der Waals surface area contributed by atoms with Gasteiger partial charge in [0, 0.05) is 0 Å². The Morgan fingerprint density at radius 3 is 2.44 bits per heavy atom. The zero-order valence-corrected chi connectivity index (χ0v) is 17.2. The highest BCUT2D eigenvalue weighted by molar-refractivity contribution is 5.82. The Labute approximate surface area is 161 Å². The first-order valence-corrected chi connectivity index (χ1v) is 9.41. The number of hydrogen-bond acceptors (Lipinski definition) is 6. The van der Waals surface area contributed by atoms with Crippen molar-refractivity contribution in [2.24, 2.45) is 5.92 Å². The molecule has 7 heteroatoms. The number of pyridine rings is 1. The first kappa shape index (κ1) is 22.7. The summed E-state index contributed by atoms with van der Waals surface area (Å²) in [6, 6.07) is 2.32. The first-order valence-electron chi connectivity index (χ1n) is 9.41. The molecule has 2 atom stereocenters. The molecule has 0 saturated heterocycles. The van der Waals surface area contributed by atoms with E-state index < -0.39 is 23.7 Å². The predicted molar refractivity (Wildman–Crippen MR) is 103 cm³/mol. The van der Waals surface area contributed by atoms with Gasteiger partial charge in [-0.25, -0.2) is 9.59 Å². The van der Waals surface area contributed by atoms with E-state index >= 15 is 0 Å². The second-order valence-corrected chi connectivity index (χ2v) is 7.45. The van der Waals surface area contributed by atoms with Crippen LogP contribution in [-0.2, 0) is 14.3 Å². The third kappa shape index (κ3) is 8.75. The van der Waals surface area contributed by atoms with E-state index in [4.69, 9.17) is 14.2 Å². The molecule has 0 bridgehead atoms. The molecule has 0 radical (unpaired) electrons. The molecule has 7 nitrogen and oxygen atoms in total. The van der Waals surface area contributed by atoms with Crippen LogP contribution in [0.4, 0.5) is 4.79 Å². The van der Waals surface area contributed by atoms with Crippen LogP contribution in [0.25, 0.3) is 0 Å². The standard InChI is InChI=1S/C20H32N2O5/c1-7-9-14(3)13-26-15-10-11-16(21-12-15)17(18(23)25-8-2)22-19(24)27-20(4,5)6/h10-12,14,17H,7-9,13H2,1-6H3,(H,22,24). The van der Waals surface area contributed by atoms with E-state index in [0.717, 1.165) is 12.8 Å². The fourth-order valence-corrected chi connectivity index (χ4v) is 2.37. The van der Waals surface area contributed by atoms with Crippen molar-refractivity contribution in [3.8, 4) is 5.75 Å². The Bertz CT molecular complexity index is 595. The lowest BCUT2D eigenvalue weighted by Gasteiger charge is -2.22. The number of hydrogen-bond donors (Lipinski definition) is 1. The average Bonchev–Trinajstić information content (AvgIpc) is 2.57. The highest BCUT2D eigenvalue weighted by atomic mass is 16.6. The van der Waals surface area contributed by atoms with E-state index in [1.807, 2.05) is 0 Å². The molecule has 1 amide bonds. The molecule has 27 heavy (non-hydrogen) atoms. The molecule has 0 spiro atoms. The van der Waals surface area contributed by atoms with E-state index in [2.05, 4.69) is 24.1 Å². The largest absolute Gasteiger partial charge is 0.492 e. The van der Waals surface area contributed by atoms with Crippen molar-refractivity contribution in [2.75, 3.05) is 13.2 Å². The average molecular weight is 380 g/mol. The summed E-state index contributed by atoms with van der Waals surface area (Å²) in [5.41, 5.74) is -0.322. The fourth-order valence-electron chi connectivity index (χ4n) is 2.37. The molecule has 0 aliphatic carbocycles. The Hall–Kier alpha value is -2.31. The molecule has 0 aliphatic heterocycles. The van der Waals surface area contributed by atoms with Gasteiger partial charge in [0.25, 0.3) is 0 Å². The van der Waals surface area contributed by atoms with Crippen LogP contribution in [0.5, 0.6) is 5.75 Å². The summed E-state index contributed by atoms with van der Waals surface area (Å²) in [6.45, 7) is 12.0. The minimum absolute atomic E-state index is 0.196. The van der Waals surface area contributed by atoms with Gasteiger partial charge in [-0.2, -0.15) is 0 Å². The number of carbonyl (C=O) groups excluding carboxylic acids is 2. The second kappa shape index (κ2) is 10.7. The molecule has 1 heterocycles. The maximum Gasteiger partial charge on any atom is 0.408 e. The molecule has 0 fully saturated rings. The summed E-state index contributed by atoms with van der Waals surface area (Å²) in [7, 11) is 0. The smallest absolute Gasteiger partial charge is 0.408 e. The number of nitrogens with one attached hydrogen (secondary N) is 1. The molecule has 1 N–H and O–H groups in total. The van der Waals surface area contributed by atoms with E-state index in [1.165, 1.54) is 6.20 Å². The highest BCUT2D eigenvalue weighted by Crippen LogP contribution is 2.18. The summed E-state index contributed by atoms with van der Waals surface area (Å²) in [5, 5.41) is 2.52. The third-order valence-corrected chi connectivity index (χ3v) is 3.55. The summed E-state index contributed by atoms with van der Waals surface area (Å²) in [6.07, 6.45) is 3.03. The molecule has 1 aromatic heterocycles. The monoisotopic (exact) mass is 380 g/mol. The predicted octanol–water partition coefficient (Wildman–Crippen LogP) is 4.03. The summed E-state index contributed by atoms with van der Waals surface area (Å²) >= 11 is 0. The quantitative estimate of drug-likeness (QED) is 0.651. The van der Waals surface area contributed by atoms with Gasteiger partial charge in [0.2, 0.25) is 0 Å². The zero-order valence-electron chi connectivity index (χ0n) is 17.2. The Balaban J connectivity index is 2.83. The minimum atomic E-state index is -1.05. The van der Waals surface area contributed by atoms with Crippen LogP contribution >= 0.6 is 0 Å². The Kier molecular flexibility index (Phi) is 9.05. The van der Waals surface area contributed by atoms with Gasteiger partial charge in [0.15, 0.2) is 6.04 Å². The third-order valence-electron chi connectivity index (χ3n) is 3.55. The van der Waals surface area contributed by atoms with E-state index in [9.17, 15) is 9.59 Å². The highest BCUT2D eigenvalue weighted by Gasteiger charge is 2.28. The van der Waals surface area contributed by atoms with Gasteiger partial charge in [0.05, 0.1) is 25.1 Å². The van der Waals surface area contributed by atoms with Crippen molar-refractivity contribution in [1.82, 2.24) is 10.3 Å². The Morgan fingerprint density at radius 1 is 1.22 bits per heavy atom. The first-order chi connectivity index (χ1) is 12.7. The molecule has 1 rings (SSSR count). The number of aromatic nitrogens is 1. The lowest BCUT2D eigenvalue weighted by Crippen LogP contribution is -2.39. The van der Waals surface area contributed by atoms with Gasteiger partial charge < -0.3 is 19.5 Å². The number of amides is 1. The second-order valence-electron chi connectivity index (χ2n) is 7.45. The molecule has 2 unspecified atom stereocenters. The van der Waals surface area contributed by atoms with Crippen molar-refractivity contribution in [2.45, 2.75) is 66.0 Å². The van der Waals surface area contributed by atoms with Gasteiger partial charge in [-0.1, -0.05) is 20.3 Å². The topological polar surface area (TPSA) is 86.8 Å². The molecular weight excluding hydrogens is 348 g/mol. The van der Waals surface area contributed by atoms with Crippen molar-refractivity contribution >= 4 is 12.1 Å². The molecule has 0 saturated carbocycles. The SMILES string of the molecule is CCCC(C)COc1ccc(C(NC(=O)OC(C)(C)C)C(=O)OCC)nc1. The number of alkyl carbamates (subject to hydrolysis) is 1. The van der Waals surface area contributed by atoms with E-state index in [-0.39, 0.29) is 6.61 Å². The van der Waals surface area contributed by atoms with Crippen molar-refractivity contribution in [1.29, 1.82) is 0 Å². The van der Waals surface area contributed by atoms with Gasteiger partial charge in [-0.05, 0) is 52.2 Å².